The largest absolute Gasteiger partial charge is 0.507 e. The van der Waals surface area contributed by atoms with Crippen LogP contribution in [0.5, 0.6) is 5.75 Å². The summed E-state index contributed by atoms with van der Waals surface area (Å²) in [7, 11) is 0. The monoisotopic (exact) mass is 238 g/mol. The third-order valence-electron chi connectivity index (χ3n) is 3.05. The van der Waals surface area contributed by atoms with Crippen LogP contribution in [0, 0.1) is 11.7 Å². The van der Waals surface area contributed by atoms with Crippen LogP contribution in [0.15, 0.2) is 18.2 Å². The van der Waals surface area contributed by atoms with Gasteiger partial charge >= 0.3 is 0 Å². The summed E-state index contributed by atoms with van der Waals surface area (Å²) in [5, 5.41) is 15.3. The first-order valence-corrected chi connectivity index (χ1v) is 5.58. The molecule has 1 aliphatic heterocycles. The fourth-order valence-corrected chi connectivity index (χ4v) is 1.98. The van der Waals surface area contributed by atoms with Gasteiger partial charge < -0.3 is 15.7 Å². The number of hydrogen-bond donors (Lipinski definition) is 3. The van der Waals surface area contributed by atoms with Crippen LogP contribution in [-0.2, 0) is 0 Å². The highest BCUT2D eigenvalue weighted by molar-refractivity contribution is 5.97. The quantitative estimate of drug-likeness (QED) is 0.716. The highest BCUT2D eigenvalue weighted by atomic mass is 19.1. The molecule has 3 N–H and O–H groups in total. The van der Waals surface area contributed by atoms with E-state index in [1.54, 1.807) is 0 Å². The van der Waals surface area contributed by atoms with Gasteiger partial charge in [-0.25, -0.2) is 4.39 Å². The molecule has 0 spiro atoms. The molecule has 0 aliphatic carbocycles. The van der Waals surface area contributed by atoms with E-state index in [-0.39, 0.29) is 17.4 Å². The van der Waals surface area contributed by atoms with Crippen molar-refractivity contribution in [3.63, 3.8) is 0 Å². The number of benzene rings is 1. The predicted molar refractivity (Wildman–Crippen MR) is 61.4 cm³/mol. The molecule has 0 bridgehead atoms. The van der Waals surface area contributed by atoms with Gasteiger partial charge in [-0.1, -0.05) is 13.0 Å². The second-order valence-corrected chi connectivity index (χ2v) is 4.35. The summed E-state index contributed by atoms with van der Waals surface area (Å²) in [4.78, 5) is 11.8. The summed E-state index contributed by atoms with van der Waals surface area (Å²) in [5.41, 5.74) is -0.286. The molecule has 0 saturated carbocycles. The van der Waals surface area contributed by atoms with Gasteiger partial charge in [0.05, 0.1) is 0 Å². The number of nitrogens with one attached hydrogen (secondary N) is 2. The molecular weight excluding hydrogens is 223 g/mol. The molecule has 4 nitrogen and oxygen atoms in total. The zero-order chi connectivity index (χ0) is 12.4. The lowest BCUT2D eigenvalue weighted by atomic mass is 10.1. The average Bonchev–Trinajstić information content (AvgIpc) is 2.64. The predicted octanol–water partition coefficient (Wildman–Crippen LogP) is 0.869. The molecule has 1 fully saturated rings. The van der Waals surface area contributed by atoms with Gasteiger partial charge in [0.25, 0.3) is 5.91 Å². The van der Waals surface area contributed by atoms with Gasteiger partial charge in [0.1, 0.15) is 17.1 Å². The van der Waals surface area contributed by atoms with Crippen molar-refractivity contribution in [3.8, 4) is 5.75 Å². The van der Waals surface area contributed by atoms with Gasteiger partial charge in [0.15, 0.2) is 0 Å². The maximum absolute atomic E-state index is 13.4. The van der Waals surface area contributed by atoms with Crippen molar-refractivity contribution in [1.29, 1.82) is 0 Å². The molecule has 1 saturated heterocycles. The molecule has 1 heterocycles. The SMILES string of the molecule is CC1CNCC1NC(=O)c1c(O)cccc1F. The Morgan fingerprint density at radius 3 is 2.88 bits per heavy atom. The summed E-state index contributed by atoms with van der Waals surface area (Å²) in [6, 6.07) is 3.79. The second-order valence-electron chi connectivity index (χ2n) is 4.35. The molecule has 0 aromatic heterocycles. The van der Waals surface area contributed by atoms with Crippen molar-refractivity contribution in [3.05, 3.63) is 29.6 Å². The fraction of sp³-hybridized carbons (Fsp3) is 0.417. The molecule has 1 aliphatic rings. The van der Waals surface area contributed by atoms with Crippen LogP contribution < -0.4 is 10.6 Å². The zero-order valence-corrected chi connectivity index (χ0v) is 9.53. The lowest BCUT2D eigenvalue weighted by Gasteiger charge is -2.16. The van der Waals surface area contributed by atoms with Gasteiger partial charge in [-0.2, -0.15) is 0 Å². The number of phenols is 1. The summed E-state index contributed by atoms with van der Waals surface area (Å²) >= 11 is 0. The molecule has 92 valence electrons. The normalized spacial score (nSPS) is 23.6. The topological polar surface area (TPSA) is 61.4 Å². The Bertz CT molecular complexity index is 416. The van der Waals surface area contributed by atoms with Crippen molar-refractivity contribution in [2.24, 2.45) is 5.92 Å². The molecule has 1 aromatic rings. The van der Waals surface area contributed by atoms with Crippen molar-refractivity contribution >= 4 is 5.91 Å². The Kier molecular flexibility index (Phi) is 3.28. The van der Waals surface area contributed by atoms with Crippen molar-refractivity contribution in [2.45, 2.75) is 13.0 Å². The Morgan fingerprint density at radius 2 is 2.29 bits per heavy atom. The van der Waals surface area contributed by atoms with Crippen molar-refractivity contribution < 1.29 is 14.3 Å². The van der Waals surface area contributed by atoms with Gasteiger partial charge in [0.2, 0.25) is 0 Å². The number of halogens is 1. The van der Waals surface area contributed by atoms with E-state index >= 15 is 0 Å². The van der Waals surface area contributed by atoms with E-state index in [2.05, 4.69) is 10.6 Å². The number of aromatic hydroxyl groups is 1. The Hall–Kier alpha value is -1.62. The van der Waals surface area contributed by atoms with E-state index in [1.165, 1.54) is 12.1 Å². The minimum Gasteiger partial charge on any atom is -0.507 e. The summed E-state index contributed by atoms with van der Waals surface area (Å²) in [6.45, 7) is 3.50. The third kappa shape index (κ3) is 2.39. The number of carbonyl (C=O) groups is 1. The minimum absolute atomic E-state index is 0.0264. The van der Waals surface area contributed by atoms with Gasteiger partial charge in [-0.3, -0.25) is 4.79 Å². The minimum atomic E-state index is -0.707. The van der Waals surface area contributed by atoms with Crippen LogP contribution in [0.3, 0.4) is 0 Å². The number of hydrogen-bond acceptors (Lipinski definition) is 3. The highest BCUT2D eigenvalue weighted by Gasteiger charge is 2.26. The van der Waals surface area contributed by atoms with E-state index in [0.717, 1.165) is 12.6 Å². The summed E-state index contributed by atoms with van der Waals surface area (Å²) < 4.78 is 13.4. The van der Waals surface area contributed by atoms with Crippen LogP contribution in [0.2, 0.25) is 0 Å². The lowest BCUT2D eigenvalue weighted by molar-refractivity contribution is 0.0926. The van der Waals surface area contributed by atoms with E-state index in [4.69, 9.17) is 0 Å². The summed E-state index contributed by atoms with van der Waals surface area (Å²) in [5.74, 6) is -1.31. The maximum Gasteiger partial charge on any atom is 0.258 e. The molecule has 2 unspecified atom stereocenters. The first-order chi connectivity index (χ1) is 8.09. The Balaban J connectivity index is 2.14. The van der Waals surface area contributed by atoms with E-state index in [9.17, 15) is 14.3 Å². The lowest BCUT2D eigenvalue weighted by Crippen LogP contribution is -2.39. The molecule has 2 rings (SSSR count). The number of rotatable bonds is 2. The Morgan fingerprint density at radius 1 is 1.53 bits per heavy atom. The molecular formula is C12H15FN2O2. The smallest absolute Gasteiger partial charge is 0.258 e. The van der Waals surface area contributed by atoms with E-state index in [0.29, 0.717) is 12.5 Å². The third-order valence-corrected chi connectivity index (χ3v) is 3.05. The van der Waals surface area contributed by atoms with Gasteiger partial charge in [0, 0.05) is 12.6 Å². The molecule has 17 heavy (non-hydrogen) atoms. The van der Waals surface area contributed by atoms with Crippen molar-refractivity contribution in [1.82, 2.24) is 10.6 Å². The van der Waals surface area contributed by atoms with Gasteiger partial charge in [-0.05, 0) is 24.6 Å². The standard InChI is InChI=1S/C12H15FN2O2/c1-7-5-14-6-9(7)15-12(17)11-8(13)3-2-4-10(11)16/h2-4,7,9,14,16H,5-6H2,1H3,(H,15,17). The first-order valence-electron chi connectivity index (χ1n) is 5.58. The first kappa shape index (κ1) is 11.9. The van der Waals surface area contributed by atoms with Crippen LogP contribution in [-0.4, -0.2) is 30.1 Å². The second kappa shape index (κ2) is 4.71. The van der Waals surface area contributed by atoms with E-state index < -0.39 is 11.7 Å². The van der Waals surface area contributed by atoms with Crippen LogP contribution in [0.4, 0.5) is 4.39 Å². The van der Waals surface area contributed by atoms with Crippen LogP contribution >= 0.6 is 0 Å². The number of amides is 1. The number of phenolic OH excluding ortho intramolecular Hbond substituents is 1. The molecule has 1 amide bonds. The maximum atomic E-state index is 13.4. The van der Waals surface area contributed by atoms with E-state index in [1.807, 2.05) is 6.92 Å². The molecule has 0 radical (unpaired) electrons. The Labute approximate surface area is 98.8 Å². The fourth-order valence-electron chi connectivity index (χ4n) is 1.98. The molecule has 5 heteroatoms. The average molecular weight is 238 g/mol. The van der Waals surface area contributed by atoms with Gasteiger partial charge in [-0.15, -0.1) is 0 Å². The highest BCUT2D eigenvalue weighted by Crippen LogP contribution is 2.20. The van der Waals surface area contributed by atoms with Crippen LogP contribution in [0.1, 0.15) is 17.3 Å². The van der Waals surface area contributed by atoms with Crippen molar-refractivity contribution in [2.75, 3.05) is 13.1 Å². The number of carbonyl (C=O) groups excluding carboxylic acids is 1. The molecule has 1 aromatic carbocycles. The zero-order valence-electron chi connectivity index (χ0n) is 9.53. The molecule has 2 atom stereocenters. The summed E-state index contributed by atoms with van der Waals surface area (Å²) in [6.07, 6.45) is 0. The van der Waals surface area contributed by atoms with Crippen LogP contribution in [0.25, 0.3) is 0 Å².